The standard InChI is InChI=1S/C15H11F8N5O2.C12H16BF5N2O2.C9H7BrF3N3O2/c1-26-8(30-2)5-28-11(29)9(10(14(18,19)20)25-12(26)28)7-3-24-27(4-7)6-13(16,17)15(21,22)23;1-9(2)10(3,4)22-13(21-9)8-5-19-20(6-8)7-11(14,15)12(16,17)18;1-15-4(18-2)3-16-7(17)5(10)6(9(11,12)13)14-8(15)16/h3-5H,6H2,1-2H3;5-6H,7H2,1-4H3;3H,1-2H3. The first-order valence-electron chi connectivity index (χ1n) is 19.1. The lowest BCUT2D eigenvalue weighted by Gasteiger charge is -2.32. The predicted octanol–water partition coefficient (Wildman–Crippen LogP) is 7.32. The quantitative estimate of drug-likeness (QED) is 0.112. The van der Waals surface area contributed by atoms with Crippen LogP contribution in [-0.4, -0.2) is 104 Å². The Morgan fingerprint density at radius 2 is 1.01 bits per heavy atom. The minimum atomic E-state index is -5.89. The Hall–Kier alpha value is -5.80. The van der Waals surface area contributed by atoms with Gasteiger partial charge in [-0.2, -0.15) is 80.4 Å². The lowest BCUT2D eigenvalue weighted by atomic mass is 9.82. The summed E-state index contributed by atoms with van der Waals surface area (Å²) in [6.07, 6.45) is -15.7. The molecule has 0 spiro atoms. The van der Waals surface area contributed by atoms with Crippen LogP contribution in [0.4, 0.5) is 70.2 Å². The molecule has 0 radical (unpaired) electrons. The average molecular weight is 1100 g/mol. The van der Waals surface area contributed by atoms with E-state index in [0.717, 1.165) is 32.0 Å². The minimum Gasteiger partial charge on any atom is -0.481 e. The summed E-state index contributed by atoms with van der Waals surface area (Å²) in [5, 5.41) is 6.77. The van der Waals surface area contributed by atoms with E-state index in [9.17, 15) is 79.8 Å². The number of ether oxygens (including phenoxy) is 2. The second-order valence-electron chi connectivity index (χ2n) is 15.9. The highest BCUT2D eigenvalue weighted by molar-refractivity contribution is 9.10. The SMILES string of the molecule is CC1(C)OB(c2cnn(CC(F)(F)C(F)(F)F)c2)OC1(C)C.COc1cn2c(=O)c(-c3cnn(CC(F)(F)C(F)(F)F)c3)c(C(F)(F)F)nc2n1C.COc1cn2c(=O)c(Br)c(C(F)(F)F)nc2n1C. The largest absolute Gasteiger partial charge is 0.498 e. The monoisotopic (exact) mass is 1100 g/mol. The normalized spacial score (nSPS) is 15.5. The van der Waals surface area contributed by atoms with Crippen molar-refractivity contribution in [2.75, 3.05) is 14.2 Å². The molecule has 0 amide bonds. The van der Waals surface area contributed by atoms with Crippen LogP contribution in [0.15, 0.2) is 51.2 Å². The molecule has 1 fully saturated rings. The van der Waals surface area contributed by atoms with Gasteiger partial charge < -0.3 is 18.8 Å². The van der Waals surface area contributed by atoms with Crippen LogP contribution in [0.25, 0.3) is 22.7 Å². The van der Waals surface area contributed by atoms with Crippen LogP contribution in [0.3, 0.4) is 0 Å². The Morgan fingerprint density at radius 3 is 1.43 bits per heavy atom. The molecule has 0 aliphatic carbocycles. The molecule has 70 heavy (non-hydrogen) atoms. The number of alkyl halides is 16. The maximum Gasteiger partial charge on any atom is 0.498 e. The molecule has 0 N–H and O–H groups in total. The number of rotatable bonds is 8. The Bertz CT molecular complexity index is 2990. The zero-order chi connectivity index (χ0) is 53.3. The Kier molecular flexibility index (Phi) is 14.5. The summed E-state index contributed by atoms with van der Waals surface area (Å²) < 4.78 is 230. The Morgan fingerprint density at radius 1 is 0.614 bits per heavy atom. The summed E-state index contributed by atoms with van der Waals surface area (Å²) in [5.74, 6) is -10.4. The molecule has 34 heteroatoms. The van der Waals surface area contributed by atoms with Gasteiger partial charge in [-0.15, -0.1) is 0 Å². The third kappa shape index (κ3) is 10.8. The predicted molar refractivity (Wildman–Crippen MR) is 213 cm³/mol. The highest BCUT2D eigenvalue weighted by atomic mass is 79.9. The summed E-state index contributed by atoms with van der Waals surface area (Å²) in [6, 6.07) is 0. The first-order valence-corrected chi connectivity index (χ1v) is 19.9. The Labute approximate surface area is 389 Å². The van der Waals surface area contributed by atoms with Crippen molar-refractivity contribution >= 4 is 40.1 Å². The van der Waals surface area contributed by atoms with Crippen LogP contribution in [0.2, 0.25) is 0 Å². The topological polar surface area (TPSA) is 151 Å². The fraction of sp³-hybridized carbons (Fsp3) is 0.500. The van der Waals surface area contributed by atoms with Gasteiger partial charge in [0.25, 0.3) is 11.1 Å². The van der Waals surface area contributed by atoms with E-state index in [2.05, 4.69) is 36.1 Å². The highest BCUT2D eigenvalue weighted by Crippen LogP contribution is 2.40. The van der Waals surface area contributed by atoms with Crippen LogP contribution >= 0.6 is 15.9 Å². The van der Waals surface area contributed by atoms with Gasteiger partial charge in [0, 0.05) is 43.7 Å². The molecule has 0 saturated carbocycles. The molecule has 6 aromatic rings. The molecule has 0 unspecified atom stereocenters. The van der Waals surface area contributed by atoms with E-state index in [1.54, 1.807) is 27.7 Å². The van der Waals surface area contributed by atoms with Crippen molar-refractivity contribution in [3.05, 3.63) is 73.7 Å². The summed E-state index contributed by atoms with van der Waals surface area (Å²) in [6.45, 7) is 3.64. The van der Waals surface area contributed by atoms with Crippen molar-refractivity contribution in [1.29, 1.82) is 0 Å². The molecule has 7 heterocycles. The summed E-state index contributed by atoms with van der Waals surface area (Å²) >= 11 is 2.63. The maximum atomic E-state index is 13.5. The average Bonchev–Trinajstić information content (AvgIpc) is 4.03. The lowest BCUT2D eigenvalue weighted by molar-refractivity contribution is -0.287. The van der Waals surface area contributed by atoms with Gasteiger partial charge in [-0.3, -0.25) is 28.1 Å². The molecule has 1 aliphatic rings. The number of hydrogen-bond acceptors (Lipinski definition) is 10. The fourth-order valence-electron chi connectivity index (χ4n) is 6.08. The van der Waals surface area contributed by atoms with Gasteiger partial charge in [-0.25, -0.2) is 18.8 Å². The van der Waals surface area contributed by atoms with E-state index in [4.69, 9.17) is 18.8 Å². The van der Waals surface area contributed by atoms with Gasteiger partial charge in [0.1, 0.15) is 17.6 Å². The second kappa shape index (κ2) is 18.4. The van der Waals surface area contributed by atoms with Gasteiger partial charge in [0.2, 0.25) is 23.3 Å². The van der Waals surface area contributed by atoms with Crippen LogP contribution in [-0.2, 0) is 48.8 Å². The zero-order valence-electron chi connectivity index (χ0n) is 36.8. The molecule has 0 aromatic carbocycles. The van der Waals surface area contributed by atoms with E-state index in [-0.39, 0.29) is 27.7 Å². The van der Waals surface area contributed by atoms with Crippen LogP contribution < -0.4 is 26.1 Å². The molecule has 1 aliphatic heterocycles. The molecule has 0 bridgehead atoms. The van der Waals surface area contributed by atoms with E-state index in [0.29, 0.717) is 17.1 Å². The maximum absolute atomic E-state index is 13.5. The molecule has 16 nitrogen and oxygen atoms in total. The molecule has 1 saturated heterocycles. The van der Waals surface area contributed by atoms with Gasteiger partial charge in [-0.1, -0.05) is 0 Å². The molecule has 6 aromatic heterocycles. The number of fused-ring (bicyclic) bond motifs is 2. The van der Waals surface area contributed by atoms with Gasteiger partial charge in [-0.05, 0) is 43.6 Å². The van der Waals surface area contributed by atoms with Gasteiger partial charge in [0.15, 0.2) is 11.4 Å². The molecule has 7 rings (SSSR count). The number of nitrogens with zero attached hydrogens (tertiary/aromatic N) is 10. The minimum absolute atomic E-state index is 0.00890. The number of aryl methyl sites for hydroxylation is 2. The molecular formula is C36H34BBrF16N10O6. The highest BCUT2D eigenvalue weighted by Gasteiger charge is 2.59. The summed E-state index contributed by atoms with van der Waals surface area (Å²) in [7, 11) is 4.43. The molecule has 386 valence electrons. The van der Waals surface area contributed by atoms with E-state index in [1.165, 1.54) is 39.1 Å². The van der Waals surface area contributed by atoms with E-state index >= 15 is 0 Å². The number of hydrogen-bond donors (Lipinski definition) is 0. The van der Waals surface area contributed by atoms with Crippen LogP contribution in [0.1, 0.15) is 39.1 Å². The summed E-state index contributed by atoms with van der Waals surface area (Å²) in [4.78, 5) is 31.4. The van der Waals surface area contributed by atoms with Crippen molar-refractivity contribution in [2.24, 2.45) is 14.1 Å². The van der Waals surface area contributed by atoms with Crippen molar-refractivity contribution in [1.82, 2.24) is 47.5 Å². The first kappa shape index (κ1) is 55.1. The van der Waals surface area contributed by atoms with Crippen molar-refractivity contribution in [3.8, 4) is 22.9 Å². The summed E-state index contributed by atoms with van der Waals surface area (Å²) in [5.41, 5.74) is -7.68. The number of halogens is 17. The number of aromatic nitrogens is 10. The van der Waals surface area contributed by atoms with E-state index in [1.807, 2.05) is 0 Å². The van der Waals surface area contributed by atoms with E-state index < -0.39 is 112 Å². The van der Waals surface area contributed by atoms with Crippen LogP contribution in [0, 0.1) is 0 Å². The number of imidazole rings is 2. The number of methoxy groups -OCH3 is 2. The van der Waals surface area contributed by atoms with Crippen molar-refractivity contribution < 1.29 is 89.0 Å². The first-order chi connectivity index (χ1) is 31.7. The molecule has 0 atom stereocenters. The zero-order valence-corrected chi connectivity index (χ0v) is 38.4. The smallest absolute Gasteiger partial charge is 0.481 e. The Balaban J connectivity index is 0.000000203. The van der Waals surface area contributed by atoms with Crippen molar-refractivity contribution in [2.45, 2.75) is 88.5 Å². The van der Waals surface area contributed by atoms with Crippen LogP contribution in [0.5, 0.6) is 11.8 Å². The third-order valence-corrected chi connectivity index (χ3v) is 11.2. The second-order valence-corrected chi connectivity index (χ2v) is 16.7. The fourth-order valence-corrected chi connectivity index (χ4v) is 6.59. The van der Waals surface area contributed by atoms with Crippen molar-refractivity contribution in [3.63, 3.8) is 0 Å². The molecular weight excluding hydrogens is 1060 g/mol. The lowest BCUT2D eigenvalue weighted by Crippen LogP contribution is -2.41. The van der Waals surface area contributed by atoms with Gasteiger partial charge in [0.05, 0.1) is 49.6 Å². The van der Waals surface area contributed by atoms with Gasteiger partial charge >= 0.3 is 43.7 Å². The third-order valence-electron chi connectivity index (χ3n) is 10.5.